The maximum Gasteiger partial charge on any atom is 0.419 e. The zero-order chi connectivity index (χ0) is 13.4. The number of nitrogens with zero attached hydrogens (tertiary/aromatic N) is 2. The van der Waals surface area contributed by atoms with Gasteiger partial charge in [-0.3, -0.25) is 9.55 Å². The van der Waals surface area contributed by atoms with Gasteiger partial charge in [-0.05, 0) is 34.9 Å². The molecule has 0 aliphatic rings. The molecule has 0 unspecified atom stereocenters. The summed E-state index contributed by atoms with van der Waals surface area (Å²) in [6.45, 7) is 0.417. The van der Waals surface area contributed by atoms with Gasteiger partial charge in [0.05, 0.1) is 5.52 Å². The second-order valence-electron chi connectivity index (χ2n) is 4.35. The van der Waals surface area contributed by atoms with Gasteiger partial charge in [-0.15, -0.1) is 0 Å². The molecule has 2 N–H and O–H groups in total. The van der Waals surface area contributed by atoms with E-state index in [0.29, 0.717) is 12.1 Å². The van der Waals surface area contributed by atoms with E-state index in [2.05, 4.69) is 4.98 Å². The first-order chi connectivity index (χ1) is 9.20. The Bertz CT molecular complexity index is 802. The molecule has 1 aromatic carbocycles. The van der Waals surface area contributed by atoms with Crippen LogP contribution >= 0.6 is 0 Å². The number of hydrogen-bond donors (Lipinski definition) is 1. The number of pyridine rings is 1. The lowest BCUT2D eigenvalue weighted by Gasteiger charge is -2.06. The van der Waals surface area contributed by atoms with E-state index in [1.54, 1.807) is 19.4 Å². The van der Waals surface area contributed by atoms with E-state index in [0.717, 1.165) is 22.2 Å². The highest BCUT2D eigenvalue weighted by atomic mass is 16.4. The molecule has 0 atom stereocenters. The number of fused-ring (bicyclic) bond motifs is 1. The third kappa shape index (κ3) is 1.84. The summed E-state index contributed by atoms with van der Waals surface area (Å²) in [4.78, 5) is 15.5. The first-order valence-electron chi connectivity index (χ1n) is 5.93. The molecule has 2 heterocycles. The van der Waals surface area contributed by atoms with Crippen LogP contribution in [0.25, 0.3) is 22.2 Å². The second kappa shape index (κ2) is 4.37. The van der Waals surface area contributed by atoms with Crippen LogP contribution in [0.1, 0.15) is 5.56 Å². The molecular weight excluding hydrogens is 242 g/mol. The van der Waals surface area contributed by atoms with Crippen molar-refractivity contribution in [2.24, 2.45) is 12.8 Å². The molecule has 3 rings (SSSR count). The van der Waals surface area contributed by atoms with Gasteiger partial charge in [-0.25, -0.2) is 4.79 Å². The highest BCUT2D eigenvalue weighted by Gasteiger charge is 2.09. The van der Waals surface area contributed by atoms with Gasteiger partial charge in [0.1, 0.15) is 0 Å². The molecule has 0 saturated carbocycles. The minimum Gasteiger partial charge on any atom is -0.408 e. The first-order valence-corrected chi connectivity index (χ1v) is 5.93. The van der Waals surface area contributed by atoms with E-state index in [-0.39, 0.29) is 5.76 Å². The lowest BCUT2D eigenvalue weighted by atomic mass is 10.0. The van der Waals surface area contributed by atoms with Gasteiger partial charge in [0, 0.05) is 26.0 Å². The fourth-order valence-corrected chi connectivity index (χ4v) is 2.17. The van der Waals surface area contributed by atoms with Gasteiger partial charge >= 0.3 is 5.76 Å². The number of aromatic nitrogens is 2. The molecule has 96 valence electrons. The van der Waals surface area contributed by atoms with E-state index in [4.69, 9.17) is 10.2 Å². The SMILES string of the molecule is Cn1c(=O)oc2cc(-c3ccncc3CN)ccc21. The maximum atomic E-state index is 11.5. The number of aryl methyl sites for hydroxylation is 1. The Labute approximate surface area is 109 Å². The molecular formula is C14H13N3O2. The van der Waals surface area contributed by atoms with E-state index in [9.17, 15) is 4.79 Å². The summed E-state index contributed by atoms with van der Waals surface area (Å²) in [6, 6.07) is 7.58. The predicted molar refractivity (Wildman–Crippen MR) is 72.6 cm³/mol. The fourth-order valence-electron chi connectivity index (χ4n) is 2.17. The van der Waals surface area contributed by atoms with Gasteiger partial charge < -0.3 is 10.2 Å². The van der Waals surface area contributed by atoms with Crippen molar-refractivity contribution >= 4 is 11.1 Å². The van der Waals surface area contributed by atoms with Gasteiger partial charge in [0.25, 0.3) is 0 Å². The van der Waals surface area contributed by atoms with Crippen molar-refractivity contribution in [2.75, 3.05) is 0 Å². The van der Waals surface area contributed by atoms with Crippen LogP contribution in [0.5, 0.6) is 0 Å². The van der Waals surface area contributed by atoms with Crippen molar-refractivity contribution in [3.8, 4) is 11.1 Å². The van der Waals surface area contributed by atoms with Crippen LogP contribution in [0.15, 0.2) is 45.9 Å². The van der Waals surface area contributed by atoms with E-state index >= 15 is 0 Å². The molecule has 19 heavy (non-hydrogen) atoms. The first kappa shape index (κ1) is 11.7. The van der Waals surface area contributed by atoms with Gasteiger partial charge in [0.15, 0.2) is 5.58 Å². The standard InChI is InChI=1S/C14H13N3O2/c1-17-12-3-2-9(6-13(12)19-14(17)18)11-4-5-16-8-10(11)7-15/h2-6,8H,7,15H2,1H3. The summed E-state index contributed by atoms with van der Waals surface area (Å²) in [5, 5.41) is 0. The quantitative estimate of drug-likeness (QED) is 0.755. The second-order valence-corrected chi connectivity index (χ2v) is 4.35. The van der Waals surface area contributed by atoms with Crippen molar-refractivity contribution in [1.82, 2.24) is 9.55 Å². The summed E-state index contributed by atoms with van der Waals surface area (Å²) >= 11 is 0. The molecule has 0 spiro atoms. The van der Waals surface area contributed by atoms with Crippen LogP contribution in [-0.4, -0.2) is 9.55 Å². The molecule has 0 saturated heterocycles. The lowest BCUT2D eigenvalue weighted by Crippen LogP contribution is -2.08. The van der Waals surface area contributed by atoms with E-state index < -0.39 is 0 Å². The Morgan fingerprint density at radius 3 is 3.00 bits per heavy atom. The summed E-state index contributed by atoms with van der Waals surface area (Å²) in [6.07, 6.45) is 3.47. The summed E-state index contributed by atoms with van der Waals surface area (Å²) < 4.78 is 6.68. The van der Waals surface area contributed by atoms with Crippen molar-refractivity contribution in [2.45, 2.75) is 6.54 Å². The number of oxazole rings is 1. The lowest BCUT2D eigenvalue weighted by molar-refractivity contribution is 0.528. The zero-order valence-corrected chi connectivity index (χ0v) is 10.5. The van der Waals surface area contributed by atoms with Crippen LogP contribution in [0.2, 0.25) is 0 Å². The van der Waals surface area contributed by atoms with Crippen molar-refractivity contribution in [3.63, 3.8) is 0 Å². The zero-order valence-electron chi connectivity index (χ0n) is 10.5. The Kier molecular flexibility index (Phi) is 2.68. The summed E-state index contributed by atoms with van der Waals surface area (Å²) in [5.74, 6) is -0.360. The molecule has 0 amide bonds. The van der Waals surface area contributed by atoms with Gasteiger partial charge in [0.2, 0.25) is 0 Å². The average molecular weight is 255 g/mol. The van der Waals surface area contributed by atoms with Crippen LogP contribution in [0.4, 0.5) is 0 Å². The summed E-state index contributed by atoms with van der Waals surface area (Å²) in [5.41, 5.74) is 9.99. The Morgan fingerprint density at radius 2 is 2.21 bits per heavy atom. The molecule has 5 nitrogen and oxygen atoms in total. The van der Waals surface area contributed by atoms with Crippen LogP contribution < -0.4 is 11.5 Å². The van der Waals surface area contributed by atoms with E-state index in [1.165, 1.54) is 4.57 Å². The van der Waals surface area contributed by atoms with Crippen molar-refractivity contribution in [3.05, 3.63) is 52.8 Å². The molecule has 2 aromatic heterocycles. The van der Waals surface area contributed by atoms with Crippen LogP contribution in [0, 0.1) is 0 Å². The Hall–Kier alpha value is -2.40. The van der Waals surface area contributed by atoms with Gasteiger partial charge in [-0.1, -0.05) is 6.07 Å². The highest BCUT2D eigenvalue weighted by Crippen LogP contribution is 2.26. The molecule has 0 aliphatic carbocycles. The fraction of sp³-hybridized carbons (Fsp3) is 0.143. The third-order valence-corrected chi connectivity index (χ3v) is 3.23. The van der Waals surface area contributed by atoms with Crippen LogP contribution in [-0.2, 0) is 13.6 Å². The molecule has 0 fully saturated rings. The minimum atomic E-state index is -0.360. The van der Waals surface area contributed by atoms with E-state index in [1.807, 2.05) is 24.3 Å². The van der Waals surface area contributed by atoms with Crippen LogP contribution in [0.3, 0.4) is 0 Å². The molecule has 5 heteroatoms. The van der Waals surface area contributed by atoms with Crippen molar-refractivity contribution < 1.29 is 4.42 Å². The third-order valence-electron chi connectivity index (χ3n) is 3.23. The normalized spacial score (nSPS) is 11.1. The maximum absolute atomic E-state index is 11.5. The predicted octanol–water partition coefficient (Wildman–Crippen LogP) is 1.65. The van der Waals surface area contributed by atoms with Crippen molar-refractivity contribution in [1.29, 1.82) is 0 Å². The Morgan fingerprint density at radius 1 is 1.37 bits per heavy atom. The largest absolute Gasteiger partial charge is 0.419 e. The topological polar surface area (TPSA) is 74.0 Å². The molecule has 3 aromatic rings. The monoisotopic (exact) mass is 255 g/mol. The average Bonchev–Trinajstić information content (AvgIpc) is 2.73. The summed E-state index contributed by atoms with van der Waals surface area (Å²) in [7, 11) is 1.69. The number of benzene rings is 1. The van der Waals surface area contributed by atoms with Gasteiger partial charge in [-0.2, -0.15) is 0 Å². The highest BCUT2D eigenvalue weighted by molar-refractivity contribution is 5.81. The number of nitrogens with two attached hydrogens (primary N) is 1. The number of hydrogen-bond acceptors (Lipinski definition) is 4. The Balaban J connectivity index is 2.23. The minimum absolute atomic E-state index is 0.360. The number of rotatable bonds is 2. The molecule has 0 bridgehead atoms. The smallest absolute Gasteiger partial charge is 0.408 e. The molecule has 0 aliphatic heterocycles. The molecule has 0 radical (unpaired) electrons.